The molecule has 0 radical (unpaired) electrons. The van der Waals surface area contributed by atoms with Crippen LogP contribution in [0.25, 0.3) is 0 Å². The zero-order valence-electron chi connectivity index (χ0n) is 10.9. The van der Waals surface area contributed by atoms with Gasteiger partial charge in [0.05, 0.1) is 20.8 Å². The monoisotopic (exact) mass is 351 g/mol. The van der Waals surface area contributed by atoms with Gasteiger partial charge in [-0.2, -0.15) is 0 Å². The number of aryl methyl sites for hydroxylation is 1. The number of aliphatic hydroxyl groups is 1. The lowest BCUT2D eigenvalue weighted by Gasteiger charge is -2.17. The van der Waals surface area contributed by atoms with Crippen molar-refractivity contribution < 1.29 is 9.90 Å². The molecule has 1 aliphatic rings. The van der Waals surface area contributed by atoms with Crippen molar-refractivity contribution in [3.8, 4) is 0 Å². The first-order valence-electron chi connectivity index (χ1n) is 6.39. The van der Waals surface area contributed by atoms with Crippen LogP contribution in [0.15, 0.2) is 34.1 Å². The van der Waals surface area contributed by atoms with Crippen LogP contribution in [0.4, 0.5) is 0 Å². The molecular formula is C15H14BrNO2S. The van der Waals surface area contributed by atoms with Crippen LogP contribution < -0.4 is 5.32 Å². The van der Waals surface area contributed by atoms with Crippen LogP contribution in [0.1, 0.15) is 32.4 Å². The molecule has 0 aliphatic heterocycles. The van der Waals surface area contributed by atoms with Crippen molar-refractivity contribution >= 4 is 33.2 Å². The number of amides is 1. The van der Waals surface area contributed by atoms with Gasteiger partial charge in [-0.05, 0) is 45.6 Å². The van der Waals surface area contributed by atoms with E-state index in [1.807, 2.05) is 37.3 Å². The molecule has 20 heavy (non-hydrogen) atoms. The van der Waals surface area contributed by atoms with Gasteiger partial charge in [-0.1, -0.05) is 24.3 Å². The lowest BCUT2D eigenvalue weighted by Crippen LogP contribution is -2.33. The Bertz CT molecular complexity index is 648. The highest BCUT2D eigenvalue weighted by Crippen LogP contribution is 2.32. The molecule has 0 spiro atoms. The fraction of sp³-hybridized carbons (Fsp3) is 0.267. The molecule has 2 N–H and O–H groups in total. The summed E-state index contributed by atoms with van der Waals surface area (Å²) < 4.78 is 0.968. The Labute approximate surface area is 129 Å². The van der Waals surface area contributed by atoms with Gasteiger partial charge in [0.2, 0.25) is 0 Å². The third-order valence-electron chi connectivity index (χ3n) is 3.57. The molecule has 1 heterocycles. The molecular weight excluding hydrogens is 338 g/mol. The van der Waals surface area contributed by atoms with Crippen LogP contribution >= 0.6 is 27.3 Å². The summed E-state index contributed by atoms with van der Waals surface area (Å²) >= 11 is 4.84. The minimum Gasteiger partial charge on any atom is -0.390 e. The summed E-state index contributed by atoms with van der Waals surface area (Å²) in [7, 11) is 0. The number of hydrogen-bond acceptors (Lipinski definition) is 3. The largest absolute Gasteiger partial charge is 0.390 e. The Morgan fingerprint density at radius 1 is 1.45 bits per heavy atom. The number of carbonyl (C=O) groups is 1. The minimum absolute atomic E-state index is 0.135. The molecule has 1 aliphatic carbocycles. The van der Waals surface area contributed by atoms with E-state index in [0.29, 0.717) is 11.3 Å². The summed E-state index contributed by atoms with van der Waals surface area (Å²) in [4.78, 5) is 12.9. The van der Waals surface area contributed by atoms with Crippen molar-refractivity contribution in [1.29, 1.82) is 0 Å². The highest BCUT2D eigenvalue weighted by atomic mass is 79.9. The number of hydrogen-bond donors (Lipinski definition) is 2. The maximum Gasteiger partial charge on any atom is 0.261 e. The Kier molecular flexibility index (Phi) is 3.67. The van der Waals surface area contributed by atoms with Crippen molar-refractivity contribution in [3.63, 3.8) is 0 Å². The van der Waals surface area contributed by atoms with Gasteiger partial charge < -0.3 is 10.4 Å². The molecule has 0 unspecified atom stereocenters. The van der Waals surface area contributed by atoms with Crippen molar-refractivity contribution in [2.45, 2.75) is 25.5 Å². The number of benzene rings is 1. The molecule has 1 aromatic heterocycles. The van der Waals surface area contributed by atoms with Gasteiger partial charge in [-0.3, -0.25) is 4.79 Å². The molecule has 0 saturated heterocycles. The van der Waals surface area contributed by atoms with Crippen LogP contribution in [0.3, 0.4) is 0 Å². The average molecular weight is 352 g/mol. The molecule has 5 heteroatoms. The number of nitrogens with one attached hydrogen (secondary N) is 1. The summed E-state index contributed by atoms with van der Waals surface area (Å²) in [6, 6.07) is 9.39. The summed E-state index contributed by atoms with van der Waals surface area (Å²) in [5, 5.41) is 13.1. The zero-order chi connectivity index (χ0) is 14.3. The molecule has 2 atom stereocenters. The number of thiophene rings is 1. The Balaban J connectivity index is 1.83. The average Bonchev–Trinajstić information content (AvgIpc) is 2.91. The van der Waals surface area contributed by atoms with E-state index >= 15 is 0 Å². The summed E-state index contributed by atoms with van der Waals surface area (Å²) in [5.74, 6) is -0.135. The normalized spacial score (nSPS) is 20.8. The van der Waals surface area contributed by atoms with E-state index in [2.05, 4.69) is 21.2 Å². The van der Waals surface area contributed by atoms with E-state index in [9.17, 15) is 9.90 Å². The smallest absolute Gasteiger partial charge is 0.261 e. The summed E-state index contributed by atoms with van der Waals surface area (Å²) in [6.07, 6.45) is 0.0368. The lowest BCUT2D eigenvalue weighted by molar-refractivity contribution is 0.0862. The molecule has 0 fully saturated rings. The maximum atomic E-state index is 12.3. The Morgan fingerprint density at radius 3 is 2.90 bits per heavy atom. The van der Waals surface area contributed by atoms with Gasteiger partial charge in [-0.15, -0.1) is 11.3 Å². The van der Waals surface area contributed by atoms with E-state index < -0.39 is 6.10 Å². The minimum atomic E-state index is -0.555. The van der Waals surface area contributed by atoms with Gasteiger partial charge in [0.15, 0.2) is 0 Å². The molecule has 1 amide bonds. The van der Waals surface area contributed by atoms with Crippen LogP contribution in [0.2, 0.25) is 0 Å². The number of rotatable bonds is 2. The van der Waals surface area contributed by atoms with Crippen molar-refractivity contribution in [1.82, 2.24) is 5.32 Å². The van der Waals surface area contributed by atoms with Crippen LogP contribution in [0.5, 0.6) is 0 Å². The number of aliphatic hydroxyl groups excluding tert-OH is 1. The van der Waals surface area contributed by atoms with Gasteiger partial charge in [0.25, 0.3) is 5.91 Å². The predicted octanol–water partition coefficient (Wildman–Crippen LogP) is 3.21. The number of carbonyl (C=O) groups excluding carboxylic acids is 1. The van der Waals surface area contributed by atoms with Crippen LogP contribution in [-0.2, 0) is 6.42 Å². The first-order valence-corrected chi connectivity index (χ1v) is 8.00. The van der Waals surface area contributed by atoms with E-state index in [1.54, 1.807) is 0 Å². The topological polar surface area (TPSA) is 49.3 Å². The Morgan fingerprint density at radius 2 is 2.20 bits per heavy atom. The van der Waals surface area contributed by atoms with E-state index in [4.69, 9.17) is 0 Å². The second-order valence-corrected chi connectivity index (χ2v) is 7.36. The highest BCUT2D eigenvalue weighted by molar-refractivity contribution is 9.11. The van der Waals surface area contributed by atoms with E-state index in [0.717, 1.165) is 20.5 Å². The van der Waals surface area contributed by atoms with Gasteiger partial charge in [0, 0.05) is 6.42 Å². The number of halogens is 1. The fourth-order valence-corrected chi connectivity index (χ4v) is 3.97. The molecule has 104 valence electrons. The van der Waals surface area contributed by atoms with Crippen LogP contribution in [-0.4, -0.2) is 17.1 Å². The van der Waals surface area contributed by atoms with E-state index in [-0.39, 0.29) is 11.9 Å². The third kappa shape index (κ3) is 2.41. The molecule has 0 saturated carbocycles. The molecule has 3 nitrogen and oxygen atoms in total. The third-order valence-corrected chi connectivity index (χ3v) is 5.71. The van der Waals surface area contributed by atoms with Crippen molar-refractivity contribution in [2.24, 2.45) is 0 Å². The quantitative estimate of drug-likeness (QED) is 0.872. The second-order valence-electron chi connectivity index (χ2n) is 4.99. The first kappa shape index (κ1) is 13.8. The zero-order valence-corrected chi connectivity index (χ0v) is 13.3. The SMILES string of the molecule is Cc1cc(C(=O)N[C@H]2c3ccccc3C[C@H]2O)sc1Br. The Hall–Kier alpha value is -1.17. The molecule has 3 rings (SSSR count). The highest BCUT2D eigenvalue weighted by Gasteiger charge is 2.32. The van der Waals surface area contributed by atoms with Gasteiger partial charge in [0.1, 0.15) is 0 Å². The molecule has 0 bridgehead atoms. The van der Waals surface area contributed by atoms with Crippen molar-refractivity contribution in [2.75, 3.05) is 0 Å². The molecule has 1 aromatic carbocycles. The lowest BCUT2D eigenvalue weighted by atomic mass is 10.1. The fourth-order valence-electron chi connectivity index (χ4n) is 2.53. The summed E-state index contributed by atoms with van der Waals surface area (Å²) in [6.45, 7) is 1.96. The second kappa shape index (κ2) is 5.31. The summed E-state index contributed by atoms with van der Waals surface area (Å²) in [5.41, 5.74) is 3.17. The predicted molar refractivity (Wildman–Crippen MR) is 83.1 cm³/mol. The van der Waals surface area contributed by atoms with Gasteiger partial charge in [-0.25, -0.2) is 0 Å². The van der Waals surface area contributed by atoms with E-state index in [1.165, 1.54) is 11.3 Å². The molecule has 2 aromatic rings. The van der Waals surface area contributed by atoms with Crippen LogP contribution in [0, 0.1) is 6.92 Å². The standard InChI is InChI=1S/C15H14BrNO2S/c1-8-6-12(20-14(8)16)15(19)17-13-10-5-3-2-4-9(10)7-11(13)18/h2-6,11,13,18H,7H2,1H3,(H,17,19)/t11-,13+/m1/s1. The van der Waals surface area contributed by atoms with Gasteiger partial charge >= 0.3 is 0 Å². The van der Waals surface area contributed by atoms with Crippen molar-refractivity contribution in [3.05, 3.63) is 55.7 Å². The first-order chi connectivity index (χ1) is 9.56. The maximum absolute atomic E-state index is 12.3. The number of fused-ring (bicyclic) bond motifs is 1.